The summed E-state index contributed by atoms with van der Waals surface area (Å²) >= 11 is 5.60. The summed E-state index contributed by atoms with van der Waals surface area (Å²) in [5, 5.41) is -0.164. The smallest absolute Gasteiger partial charge is 0.328 e. The van der Waals surface area contributed by atoms with Crippen LogP contribution in [0.3, 0.4) is 0 Å². The van der Waals surface area contributed by atoms with E-state index in [1.165, 1.54) is 0 Å². The highest BCUT2D eigenvalue weighted by Crippen LogP contribution is 2.37. The van der Waals surface area contributed by atoms with E-state index in [2.05, 4.69) is 0 Å². The van der Waals surface area contributed by atoms with E-state index in [1.807, 2.05) is 0 Å². The normalized spacial score (nSPS) is 22.1. The molecule has 0 spiro atoms. The summed E-state index contributed by atoms with van der Waals surface area (Å²) in [6.07, 6.45) is -3.47. The van der Waals surface area contributed by atoms with Crippen molar-refractivity contribution in [1.82, 2.24) is 4.31 Å². The molecule has 130 valence electrons. The summed E-state index contributed by atoms with van der Waals surface area (Å²) < 4.78 is 65.9. The van der Waals surface area contributed by atoms with Crippen molar-refractivity contribution in [2.75, 3.05) is 13.1 Å². The monoisotopic (exact) mass is 370 g/mol. The molecule has 1 heterocycles. The molecule has 1 aromatic rings. The summed E-state index contributed by atoms with van der Waals surface area (Å²) in [7, 11) is -4.26. The molecule has 1 fully saturated rings. The minimum absolute atomic E-state index is 0.0693. The van der Waals surface area contributed by atoms with E-state index < -0.39 is 26.7 Å². The minimum atomic E-state index is -4.80. The Kier molecular flexibility index (Phi) is 5.30. The highest BCUT2D eigenvalue weighted by atomic mass is 35.5. The first-order valence-electron chi connectivity index (χ1n) is 7.16. The average molecular weight is 371 g/mol. The molecule has 0 amide bonds. The molecular formula is C14H18ClF3N2O2S. The molecule has 1 aromatic carbocycles. The van der Waals surface area contributed by atoms with Gasteiger partial charge in [0.2, 0.25) is 10.0 Å². The zero-order valence-corrected chi connectivity index (χ0v) is 14.0. The Balaban J connectivity index is 2.44. The van der Waals surface area contributed by atoms with Crippen LogP contribution in [0.15, 0.2) is 23.1 Å². The van der Waals surface area contributed by atoms with Crippen molar-refractivity contribution in [3.05, 3.63) is 28.8 Å². The van der Waals surface area contributed by atoms with Crippen molar-refractivity contribution in [3.63, 3.8) is 0 Å². The first-order valence-corrected chi connectivity index (χ1v) is 8.97. The van der Waals surface area contributed by atoms with Crippen molar-refractivity contribution < 1.29 is 21.6 Å². The number of nitrogens with two attached hydrogens (primary N) is 1. The van der Waals surface area contributed by atoms with Gasteiger partial charge in [-0.05, 0) is 43.9 Å². The molecule has 0 unspecified atom stereocenters. The molecule has 0 radical (unpaired) electrons. The lowest BCUT2D eigenvalue weighted by Gasteiger charge is -2.34. The van der Waals surface area contributed by atoms with Crippen LogP contribution in [-0.2, 0) is 16.2 Å². The van der Waals surface area contributed by atoms with Gasteiger partial charge in [-0.15, -0.1) is 0 Å². The Bertz CT molecular complexity index is 677. The van der Waals surface area contributed by atoms with Crippen molar-refractivity contribution in [3.8, 4) is 0 Å². The summed E-state index contributed by atoms with van der Waals surface area (Å²) in [5.74, 6) is -0.0693. The largest absolute Gasteiger partial charge is 0.417 e. The third-order valence-electron chi connectivity index (χ3n) is 4.03. The first-order chi connectivity index (χ1) is 10.5. The number of hydrogen-bond acceptors (Lipinski definition) is 3. The fourth-order valence-corrected chi connectivity index (χ4v) is 4.61. The van der Waals surface area contributed by atoms with E-state index in [4.69, 9.17) is 17.3 Å². The van der Waals surface area contributed by atoms with Crippen LogP contribution in [0.25, 0.3) is 0 Å². The summed E-state index contributed by atoms with van der Waals surface area (Å²) in [5.41, 5.74) is 4.57. The van der Waals surface area contributed by atoms with Gasteiger partial charge in [-0.25, -0.2) is 8.42 Å². The minimum Gasteiger partial charge on any atom is -0.328 e. The molecule has 0 aliphatic carbocycles. The van der Waals surface area contributed by atoms with Crippen LogP contribution in [0.5, 0.6) is 0 Å². The number of alkyl halides is 3. The van der Waals surface area contributed by atoms with E-state index in [9.17, 15) is 21.6 Å². The maximum absolute atomic E-state index is 13.2. The lowest BCUT2D eigenvalue weighted by Crippen LogP contribution is -2.45. The van der Waals surface area contributed by atoms with Crippen LogP contribution in [0.2, 0.25) is 5.02 Å². The second kappa shape index (κ2) is 6.58. The van der Waals surface area contributed by atoms with Crippen molar-refractivity contribution in [2.45, 2.75) is 36.9 Å². The highest BCUT2D eigenvalue weighted by molar-refractivity contribution is 7.89. The van der Waals surface area contributed by atoms with Gasteiger partial charge in [-0.1, -0.05) is 11.6 Å². The lowest BCUT2D eigenvalue weighted by atomic mass is 9.93. The molecule has 2 atom stereocenters. The number of rotatable bonds is 3. The third-order valence-corrected chi connectivity index (χ3v) is 6.19. The van der Waals surface area contributed by atoms with Gasteiger partial charge in [-0.3, -0.25) is 0 Å². The van der Waals surface area contributed by atoms with Crippen molar-refractivity contribution >= 4 is 21.6 Å². The second-order valence-corrected chi connectivity index (χ2v) is 8.11. The summed E-state index contributed by atoms with van der Waals surface area (Å²) in [6.45, 7) is 2.08. The fraction of sp³-hybridized carbons (Fsp3) is 0.571. The van der Waals surface area contributed by atoms with Crippen LogP contribution >= 0.6 is 11.6 Å². The zero-order valence-electron chi connectivity index (χ0n) is 12.5. The van der Waals surface area contributed by atoms with E-state index in [0.717, 1.165) is 22.9 Å². The number of nitrogens with zero attached hydrogens (tertiary/aromatic N) is 1. The van der Waals surface area contributed by atoms with Crippen LogP contribution in [-0.4, -0.2) is 31.9 Å². The molecule has 0 aromatic heterocycles. The topological polar surface area (TPSA) is 63.4 Å². The molecule has 0 bridgehead atoms. The predicted molar refractivity (Wildman–Crippen MR) is 81.6 cm³/mol. The molecule has 1 aliphatic heterocycles. The van der Waals surface area contributed by atoms with Crippen LogP contribution in [0.1, 0.15) is 25.3 Å². The van der Waals surface area contributed by atoms with E-state index >= 15 is 0 Å². The first kappa shape index (κ1) is 18.5. The number of piperidine rings is 1. The van der Waals surface area contributed by atoms with Gasteiger partial charge in [-0.2, -0.15) is 17.5 Å². The average Bonchev–Trinajstić information content (AvgIpc) is 2.46. The van der Waals surface area contributed by atoms with Crippen LogP contribution in [0.4, 0.5) is 13.2 Å². The molecule has 9 heteroatoms. The highest BCUT2D eigenvalue weighted by Gasteiger charge is 2.40. The number of halogens is 4. The molecular weight excluding hydrogens is 353 g/mol. The number of hydrogen-bond donors (Lipinski definition) is 1. The van der Waals surface area contributed by atoms with Gasteiger partial charge in [0.05, 0.1) is 10.5 Å². The Labute approximate surface area is 138 Å². The Hall–Kier alpha value is -0.830. The zero-order chi connectivity index (χ0) is 17.4. The maximum atomic E-state index is 13.2. The molecule has 4 nitrogen and oxygen atoms in total. The van der Waals surface area contributed by atoms with Gasteiger partial charge in [0.25, 0.3) is 0 Å². The van der Waals surface area contributed by atoms with Gasteiger partial charge < -0.3 is 5.73 Å². The molecule has 2 rings (SSSR count). The Morgan fingerprint density at radius 1 is 1.39 bits per heavy atom. The number of benzene rings is 1. The lowest BCUT2D eigenvalue weighted by molar-refractivity contribution is -0.139. The third kappa shape index (κ3) is 3.99. The van der Waals surface area contributed by atoms with Crippen molar-refractivity contribution in [1.29, 1.82) is 0 Å². The van der Waals surface area contributed by atoms with Gasteiger partial charge >= 0.3 is 6.18 Å². The second-order valence-electron chi connectivity index (χ2n) is 5.76. The van der Waals surface area contributed by atoms with E-state index in [1.54, 1.807) is 6.92 Å². The predicted octanol–water partition coefficient (Wildman–Crippen LogP) is 3.11. The van der Waals surface area contributed by atoms with Gasteiger partial charge in [0.15, 0.2) is 0 Å². The van der Waals surface area contributed by atoms with E-state index in [-0.39, 0.29) is 30.1 Å². The Morgan fingerprint density at radius 2 is 2.04 bits per heavy atom. The molecule has 0 saturated carbocycles. The van der Waals surface area contributed by atoms with Gasteiger partial charge in [0, 0.05) is 24.2 Å². The van der Waals surface area contributed by atoms with Crippen LogP contribution in [0, 0.1) is 5.92 Å². The van der Waals surface area contributed by atoms with E-state index in [0.29, 0.717) is 12.5 Å². The molecule has 2 N–H and O–H groups in total. The maximum Gasteiger partial charge on any atom is 0.417 e. The van der Waals surface area contributed by atoms with Crippen molar-refractivity contribution in [2.24, 2.45) is 11.7 Å². The van der Waals surface area contributed by atoms with Gasteiger partial charge in [0.1, 0.15) is 0 Å². The molecule has 1 saturated heterocycles. The molecule has 23 heavy (non-hydrogen) atoms. The standard InChI is InChI=1S/C14H18ClF3N2O2S/c1-9(19)10-3-2-6-20(8-10)23(21,22)13-5-4-11(15)7-12(13)14(16,17)18/h4-5,7,9-10H,2-3,6,8,19H2,1H3/t9-,10-/m0/s1. The SMILES string of the molecule is C[C@H](N)[C@H]1CCCN(S(=O)(=O)c2ccc(Cl)cc2C(F)(F)F)C1. The summed E-state index contributed by atoms with van der Waals surface area (Å²) in [4.78, 5) is -0.764. The summed E-state index contributed by atoms with van der Waals surface area (Å²) in [6, 6.07) is 2.48. The number of sulfonamides is 1. The Morgan fingerprint density at radius 3 is 2.61 bits per heavy atom. The fourth-order valence-electron chi connectivity index (χ4n) is 2.71. The quantitative estimate of drug-likeness (QED) is 0.889. The van der Waals surface area contributed by atoms with Crippen LogP contribution < -0.4 is 5.73 Å². The molecule has 1 aliphatic rings.